The molecule has 2 aromatic carbocycles. The molecule has 2 saturated carbocycles. The van der Waals surface area contributed by atoms with E-state index in [-0.39, 0.29) is 47.8 Å². The van der Waals surface area contributed by atoms with Gasteiger partial charge in [-0.2, -0.15) is 0 Å². The molecule has 8 rings (SSSR count). The number of aromatic nitrogens is 4. The number of carboxylic acid groups (broad SMARTS) is 1. The number of fused-ring (bicyclic) bond motifs is 4. The van der Waals surface area contributed by atoms with E-state index in [1.807, 2.05) is 73.9 Å². The van der Waals surface area contributed by atoms with Crippen LogP contribution in [0.15, 0.2) is 36.4 Å². The summed E-state index contributed by atoms with van der Waals surface area (Å²) >= 11 is 0. The van der Waals surface area contributed by atoms with Crippen molar-refractivity contribution in [1.29, 1.82) is 0 Å². The van der Waals surface area contributed by atoms with Gasteiger partial charge in [-0.25, -0.2) is 19.6 Å². The molecule has 4 amide bonds. The number of imidazole rings is 2. The number of benzene rings is 2. The van der Waals surface area contributed by atoms with E-state index in [1.165, 1.54) is 14.2 Å². The van der Waals surface area contributed by atoms with Gasteiger partial charge in [-0.05, 0) is 97.6 Å². The molecule has 4 aromatic rings. The number of likely N-dealkylation sites (N-methyl/N-ethyl adjacent to an activating group) is 1. The van der Waals surface area contributed by atoms with E-state index < -0.39 is 24.3 Å². The number of amides is 4. The van der Waals surface area contributed by atoms with Crippen LogP contribution in [0.2, 0.25) is 0 Å². The van der Waals surface area contributed by atoms with Crippen LogP contribution >= 0.6 is 0 Å². The Balaban J connectivity index is 0.963. The highest BCUT2D eigenvalue weighted by Gasteiger charge is 2.57. The van der Waals surface area contributed by atoms with Crippen LogP contribution in [0.3, 0.4) is 0 Å². The third-order valence-corrected chi connectivity index (χ3v) is 11.8. The van der Waals surface area contributed by atoms with Crippen molar-refractivity contribution in [2.24, 2.45) is 23.7 Å². The molecule has 290 valence electrons. The van der Waals surface area contributed by atoms with Crippen LogP contribution in [0.25, 0.3) is 22.1 Å². The molecule has 0 radical (unpaired) electrons. The molecule has 14 heteroatoms. The zero-order valence-electron chi connectivity index (χ0n) is 32.3. The van der Waals surface area contributed by atoms with Crippen LogP contribution in [0, 0.1) is 47.4 Å². The number of likely N-dealkylation sites (tertiary alicyclic amines) is 2. The first-order valence-electron chi connectivity index (χ1n) is 19.3. The fraction of sp³-hybridized carbons (Fsp3) is 0.476. The Labute approximate surface area is 324 Å². The number of alkyl carbamates (subject to hydrolysis) is 1. The van der Waals surface area contributed by atoms with Crippen molar-refractivity contribution in [2.45, 2.75) is 89.6 Å². The number of carbonyl (C=O) groups is 4. The van der Waals surface area contributed by atoms with Crippen molar-refractivity contribution in [2.75, 3.05) is 14.2 Å². The topological polar surface area (TPSA) is 177 Å². The first-order valence-corrected chi connectivity index (χ1v) is 19.3. The van der Waals surface area contributed by atoms with Crippen LogP contribution in [0.4, 0.5) is 9.59 Å². The summed E-state index contributed by atoms with van der Waals surface area (Å²) in [5.41, 5.74) is 4.68. The van der Waals surface area contributed by atoms with Gasteiger partial charge in [0, 0.05) is 30.3 Å². The van der Waals surface area contributed by atoms with E-state index in [1.54, 1.807) is 0 Å². The number of piperidine rings is 2. The average molecular weight is 759 g/mol. The Morgan fingerprint density at radius 1 is 0.804 bits per heavy atom. The lowest BCUT2D eigenvalue weighted by atomic mass is 10.0. The molecule has 4 fully saturated rings. The smallest absolute Gasteiger partial charge is 0.407 e. The van der Waals surface area contributed by atoms with E-state index in [9.17, 15) is 24.3 Å². The SMILES string of the molecule is COC(=O)N[C@H](C(=O)N1[C@@H]2C[C@H]2C[C@H]1c1nc2ccc(C#CC#Cc3ccc4nc([C@@H]5C[C@H]6C[C@H]6N5C(=O)[C@H](C(C)C)N(C)C(=O)O)[nH]c4c3)cc2[nH]1)C(C)C. The lowest BCUT2D eigenvalue weighted by Gasteiger charge is -2.35. The van der Waals surface area contributed by atoms with Crippen LogP contribution in [-0.2, 0) is 14.3 Å². The summed E-state index contributed by atoms with van der Waals surface area (Å²) in [4.78, 5) is 72.9. The number of aromatic amines is 2. The van der Waals surface area contributed by atoms with Crippen molar-refractivity contribution in [3.63, 3.8) is 0 Å². The molecule has 56 heavy (non-hydrogen) atoms. The fourth-order valence-corrected chi connectivity index (χ4v) is 8.80. The standard InChI is InChI=1S/C42H46N8O6/c1-21(2)35(47-41(53)56-6)39(51)49-31-17-25(31)19-33(49)37-43-27-13-11-23(15-29(27)45-37)9-7-8-10-24-12-14-28-30(16-24)46-38(44-28)34-20-26-18-32(26)50(34)40(52)36(22(3)4)48(5)42(54)55/h11-16,21-22,25-26,31-36H,17-20H2,1-6H3,(H,43,45)(H,44,46)(H,47,53)(H,54,55)/t25-,26+,31+,32+,33-,34-,35-,36-/m0/s1. The van der Waals surface area contributed by atoms with Crippen molar-refractivity contribution in [1.82, 2.24) is 40.0 Å². The summed E-state index contributed by atoms with van der Waals surface area (Å²) < 4.78 is 4.78. The van der Waals surface area contributed by atoms with Gasteiger partial charge in [0.15, 0.2) is 0 Å². The monoisotopic (exact) mass is 758 g/mol. The summed E-state index contributed by atoms with van der Waals surface area (Å²) in [6.07, 6.45) is 1.75. The van der Waals surface area contributed by atoms with E-state index in [2.05, 4.69) is 39.0 Å². The average Bonchev–Trinajstić information content (AvgIpc) is 3.83. The van der Waals surface area contributed by atoms with Crippen molar-refractivity contribution in [3.05, 3.63) is 59.2 Å². The van der Waals surface area contributed by atoms with Gasteiger partial charge < -0.3 is 34.9 Å². The van der Waals surface area contributed by atoms with E-state index >= 15 is 0 Å². The van der Waals surface area contributed by atoms with Gasteiger partial charge in [-0.15, -0.1) is 0 Å². The van der Waals surface area contributed by atoms with Gasteiger partial charge in [-0.3, -0.25) is 14.5 Å². The Bertz CT molecular complexity index is 2380. The van der Waals surface area contributed by atoms with Gasteiger partial charge in [0.2, 0.25) is 11.8 Å². The molecule has 8 atom stereocenters. The molecule has 4 aliphatic rings. The quantitative estimate of drug-likeness (QED) is 0.178. The second-order valence-electron chi connectivity index (χ2n) is 16.3. The second kappa shape index (κ2) is 14.2. The number of carbonyl (C=O) groups excluding carboxylic acids is 3. The molecule has 0 spiro atoms. The molecular weight excluding hydrogens is 713 g/mol. The Kier molecular flexibility index (Phi) is 9.39. The molecular formula is C42H46N8O6. The number of hydrogen-bond donors (Lipinski definition) is 4. The predicted molar refractivity (Wildman–Crippen MR) is 207 cm³/mol. The first kappa shape index (κ1) is 36.9. The molecule has 2 aliphatic heterocycles. The molecule has 0 unspecified atom stereocenters. The van der Waals surface area contributed by atoms with Crippen LogP contribution in [0.5, 0.6) is 0 Å². The highest BCUT2D eigenvalue weighted by atomic mass is 16.5. The second-order valence-corrected chi connectivity index (χ2v) is 16.3. The Morgan fingerprint density at radius 3 is 1.75 bits per heavy atom. The number of rotatable bonds is 8. The highest BCUT2D eigenvalue weighted by Crippen LogP contribution is 2.54. The number of nitrogens with zero attached hydrogens (tertiary/aromatic N) is 5. The third kappa shape index (κ3) is 6.78. The molecule has 2 aliphatic carbocycles. The summed E-state index contributed by atoms with van der Waals surface area (Å²) in [6, 6.07) is 9.78. The van der Waals surface area contributed by atoms with Gasteiger partial charge in [-0.1, -0.05) is 39.5 Å². The molecule has 4 N–H and O–H groups in total. The van der Waals surface area contributed by atoms with Crippen molar-refractivity contribution >= 4 is 46.1 Å². The Hall–Kier alpha value is -6.02. The maximum absolute atomic E-state index is 13.8. The van der Waals surface area contributed by atoms with Crippen molar-refractivity contribution in [3.8, 4) is 23.7 Å². The molecule has 4 heterocycles. The molecule has 2 aromatic heterocycles. The number of H-pyrrole nitrogens is 2. The zero-order valence-corrected chi connectivity index (χ0v) is 32.3. The fourth-order valence-electron chi connectivity index (χ4n) is 8.80. The van der Waals surface area contributed by atoms with E-state index in [0.717, 1.165) is 69.6 Å². The largest absolute Gasteiger partial charge is 0.465 e. The highest BCUT2D eigenvalue weighted by molar-refractivity contribution is 5.88. The molecule has 14 nitrogen and oxygen atoms in total. The number of nitrogens with one attached hydrogen (secondary N) is 3. The van der Waals surface area contributed by atoms with Gasteiger partial charge >= 0.3 is 12.2 Å². The summed E-state index contributed by atoms with van der Waals surface area (Å²) in [5, 5.41) is 12.4. The summed E-state index contributed by atoms with van der Waals surface area (Å²) in [7, 11) is 2.75. The van der Waals surface area contributed by atoms with Gasteiger partial charge in [0.25, 0.3) is 0 Å². The minimum atomic E-state index is -1.12. The summed E-state index contributed by atoms with van der Waals surface area (Å²) in [6.45, 7) is 7.55. The first-order chi connectivity index (χ1) is 26.8. The predicted octanol–water partition coefficient (Wildman–Crippen LogP) is 5.18. The molecule has 2 saturated heterocycles. The maximum Gasteiger partial charge on any atom is 0.407 e. The van der Waals surface area contributed by atoms with E-state index in [4.69, 9.17) is 14.7 Å². The molecule has 0 bridgehead atoms. The van der Waals surface area contributed by atoms with Crippen LogP contribution in [0.1, 0.15) is 88.2 Å². The lowest BCUT2D eigenvalue weighted by Crippen LogP contribution is -2.52. The number of methoxy groups -OCH3 is 1. The normalized spacial score (nSPS) is 24.1. The van der Waals surface area contributed by atoms with Gasteiger partial charge in [0.1, 0.15) is 23.7 Å². The minimum Gasteiger partial charge on any atom is -0.465 e. The Morgan fingerprint density at radius 2 is 1.30 bits per heavy atom. The van der Waals surface area contributed by atoms with Gasteiger partial charge in [0.05, 0.1) is 41.3 Å². The van der Waals surface area contributed by atoms with Crippen molar-refractivity contribution < 1.29 is 29.0 Å². The third-order valence-electron chi connectivity index (χ3n) is 11.8. The van der Waals surface area contributed by atoms with E-state index in [0.29, 0.717) is 17.7 Å². The number of hydrogen-bond acceptors (Lipinski definition) is 7. The van der Waals surface area contributed by atoms with Crippen LogP contribution in [-0.4, -0.2) is 102 Å². The number of ether oxygens (including phenoxy) is 1. The summed E-state index contributed by atoms with van der Waals surface area (Å²) in [5.74, 6) is 13.8. The van der Waals surface area contributed by atoms with Crippen LogP contribution < -0.4 is 5.32 Å². The lowest BCUT2D eigenvalue weighted by molar-refractivity contribution is -0.140. The minimum absolute atomic E-state index is 0.111. The maximum atomic E-state index is 13.8. The zero-order chi connectivity index (χ0) is 39.6.